The Labute approximate surface area is 186 Å². The van der Waals surface area contributed by atoms with Gasteiger partial charge in [-0.3, -0.25) is 4.98 Å². The first-order chi connectivity index (χ1) is 16.0. The first-order valence-corrected chi connectivity index (χ1v) is 9.66. The lowest BCUT2D eigenvalue weighted by atomic mass is 9.89. The minimum Gasteiger partial charge on any atom is -0.256 e. The maximum atomic E-state index is 15.1. The summed E-state index contributed by atoms with van der Waals surface area (Å²) in [6, 6.07) is 16.8. The van der Waals surface area contributed by atoms with Gasteiger partial charge in [0, 0.05) is 51.3 Å². The molecule has 2 aliphatic carbocycles. The summed E-state index contributed by atoms with van der Waals surface area (Å²) in [5.74, 6) is -4.69. The van der Waals surface area contributed by atoms with Gasteiger partial charge >= 0.3 is 0 Å². The molecular formula is C26H9F3N4. The smallest absolute Gasteiger partial charge is 0.195 e. The van der Waals surface area contributed by atoms with E-state index >= 15 is 4.39 Å². The lowest BCUT2D eigenvalue weighted by molar-refractivity contribution is 0.445. The predicted molar refractivity (Wildman–Crippen MR) is 114 cm³/mol. The number of aromatic nitrogens is 1. The zero-order valence-corrected chi connectivity index (χ0v) is 16.6. The van der Waals surface area contributed by atoms with Gasteiger partial charge in [-0.05, 0) is 23.3 Å². The zero-order chi connectivity index (χ0) is 23.3. The second-order valence-electron chi connectivity index (χ2n) is 7.26. The molecule has 0 aliphatic heterocycles. The Bertz CT molecular complexity index is 1560. The lowest BCUT2D eigenvalue weighted by Gasteiger charge is -2.12. The highest BCUT2D eigenvalue weighted by Gasteiger charge is 2.39. The Morgan fingerprint density at radius 1 is 0.818 bits per heavy atom. The van der Waals surface area contributed by atoms with Crippen LogP contribution in [0.15, 0.2) is 65.9 Å². The Hall–Kier alpha value is -4.93. The molecule has 0 bridgehead atoms. The molecule has 0 saturated heterocycles. The predicted octanol–water partition coefficient (Wildman–Crippen LogP) is 5.70. The topological polar surface area (TPSA) is 84.3 Å². The number of nitrogens with zero attached hydrogens (tertiary/aromatic N) is 4. The molecule has 7 heteroatoms. The van der Waals surface area contributed by atoms with E-state index in [0.29, 0.717) is 22.4 Å². The molecular weight excluding hydrogens is 425 g/mol. The molecule has 0 saturated carbocycles. The highest BCUT2D eigenvalue weighted by atomic mass is 19.2. The van der Waals surface area contributed by atoms with E-state index in [1.807, 2.05) is 18.2 Å². The standard InChI is InChI=1S/C26H9F3N4/c27-19-10-18-15(7-8-30)22(20(13(11-31)12-32)23(18)25(29)24(19)28)21-14-4-1-2-5-16(14)26-17(21)6-3-9-33-26/h1-7,9-10H/b15-7+,22-21+. The molecule has 0 amide bonds. The van der Waals surface area contributed by atoms with Gasteiger partial charge in [-0.1, -0.05) is 30.3 Å². The van der Waals surface area contributed by atoms with Crippen LogP contribution in [-0.2, 0) is 0 Å². The van der Waals surface area contributed by atoms with Crippen LogP contribution in [0.2, 0.25) is 0 Å². The monoisotopic (exact) mass is 434 g/mol. The van der Waals surface area contributed by atoms with Crippen LogP contribution in [-0.4, -0.2) is 4.98 Å². The van der Waals surface area contributed by atoms with Gasteiger partial charge in [0.05, 0.1) is 11.8 Å². The van der Waals surface area contributed by atoms with Crippen LogP contribution in [0.5, 0.6) is 0 Å². The minimum absolute atomic E-state index is 0.0878. The van der Waals surface area contributed by atoms with Crippen molar-refractivity contribution in [2.24, 2.45) is 0 Å². The Balaban J connectivity index is 2.06. The highest BCUT2D eigenvalue weighted by Crippen LogP contribution is 2.55. The van der Waals surface area contributed by atoms with Crippen molar-refractivity contribution >= 4 is 16.7 Å². The summed E-state index contributed by atoms with van der Waals surface area (Å²) >= 11 is 0. The number of halogens is 3. The first kappa shape index (κ1) is 20.0. The van der Waals surface area contributed by atoms with Crippen LogP contribution in [0, 0.1) is 51.4 Å². The van der Waals surface area contributed by atoms with E-state index in [0.717, 1.165) is 17.7 Å². The molecule has 2 aromatic carbocycles. The van der Waals surface area contributed by atoms with Crippen LogP contribution in [0.25, 0.3) is 28.0 Å². The van der Waals surface area contributed by atoms with Crippen LogP contribution in [0.3, 0.4) is 0 Å². The third-order valence-corrected chi connectivity index (χ3v) is 5.68. The summed E-state index contributed by atoms with van der Waals surface area (Å²) < 4.78 is 43.6. The van der Waals surface area contributed by atoms with Gasteiger partial charge in [-0.2, -0.15) is 15.8 Å². The number of rotatable bonds is 0. The SMILES string of the molecule is N#C/C=C1/C(=C2/c3ccccc3-c3ncccc32)C(=C(C#N)C#N)c2c1cc(F)c(F)c2F. The number of benzene rings is 2. The number of hydrogen-bond acceptors (Lipinski definition) is 4. The summed E-state index contributed by atoms with van der Waals surface area (Å²) in [4.78, 5) is 4.44. The van der Waals surface area contributed by atoms with Gasteiger partial charge in [0.15, 0.2) is 17.5 Å². The zero-order valence-electron chi connectivity index (χ0n) is 16.6. The fourth-order valence-corrected chi connectivity index (χ4v) is 4.45. The lowest BCUT2D eigenvalue weighted by Crippen LogP contribution is -1.99. The summed E-state index contributed by atoms with van der Waals surface area (Å²) in [5, 5.41) is 28.8. The maximum Gasteiger partial charge on any atom is 0.195 e. The molecule has 3 aromatic rings. The van der Waals surface area contributed by atoms with E-state index in [2.05, 4.69) is 4.98 Å². The fraction of sp³-hybridized carbons (Fsp3) is 0. The van der Waals surface area contributed by atoms with E-state index in [1.54, 1.807) is 42.6 Å². The van der Waals surface area contributed by atoms with Crippen LogP contribution < -0.4 is 0 Å². The van der Waals surface area contributed by atoms with Gasteiger partial charge < -0.3 is 0 Å². The second-order valence-corrected chi connectivity index (χ2v) is 7.26. The molecule has 33 heavy (non-hydrogen) atoms. The van der Waals surface area contributed by atoms with Crippen molar-refractivity contribution in [2.45, 2.75) is 0 Å². The molecule has 4 nitrogen and oxygen atoms in total. The summed E-state index contributed by atoms with van der Waals surface area (Å²) in [7, 11) is 0. The molecule has 0 fully saturated rings. The maximum absolute atomic E-state index is 15.1. The third kappa shape index (κ3) is 2.65. The molecule has 0 atom stereocenters. The van der Waals surface area contributed by atoms with E-state index in [4.69, 9.17) is 0 Å². The molecule has 2 aliphatic rings. The average Bonchev–Trinajstić information content (AvgIpc) is 3.32. The Kier molecular flexibility index (Phi) is 4.45. The minimum atomic E-state index is -1.72. The highest BCUT2D eigenvalue weighted by molar-refractivity contribution is 6.20. The van der Waals surface area contributed by atoms with Crippen molar-refractivity contribution in [2.75, 3.05) is 0 Å². The van der Waals surface area contributed by atoms with Crippen molar-refractivity contribution in [1.29, 1.82) is 15.8 Å². The molecule has 0 spiro atoms. The molecule has 0 N–H and O–H groups in total. The largest absolute Gasteiger partial charge is 0.256 e. The summed E-state index contributed by atoms with van der Waals surface area (Å²) in [5.41, 5.74) is 2.22. The van der Waals surface area contributed by atoms with Crippen molar-refractivity contribution in [1.82, 2.24) is 4.98 Å². The van der Waals surface area contributed by atoms with Gasteiger partial charge in [0.1, 0.15) is 17.7 Å². The van der Waals surface area contributed by atoms with Gasteiger partial charge in [0.25, 0.3) is 0 Å². The fourth-order valence-electron chi connectivity index (χ4n) is 4.45. The van der Waals surface area contributed by atoms with E-state index in [1.165, 1.54) is 0 Å². The van der Waals surface area contributed by atoms with E-state index in [9.17, 15) is 24.6 Å². The Morgan fingerprint density at radius 2 is 1.52 bits per heavy atom. The van der Waals surface area contributed by atoms with Crippen LogP contribution >= 0.6 is 0 Å². The molecule has 0 unspecified atom stereocenters. The van der Waals surface area contributed by atoms with E-state index < -0.39 is 28.6 Å². The molecule has 154 valence electrons. The van der Waals surface area contributed by atoms with Gasteiger partial charge in [0.2, 0.25) is 0 Å². The van der Waals surface area contributed by atoms with Crippen LogP contribution in [0.4, 0.5) is 13.2 Å². The molecule has 5 rings (SSSR count). The van der Waals surface area contributed by atoms with E-state index in [-0.39, 0.29) is 22.3 Å². The van der Waals surface area contributed by atoms with Crippen molar-refractivity contribution in [3.63, 3.8) is 0 Å². The van der Waals surface area contributed by atoms with Crippen molar-refractivity contribution in [3.8, 4) is 29.5 Å². The second kappa shape index (κ2) is 7.34. The third-order valence-electron chi connectivity index (χ3n) is 5.68. The van der Waals surface area contributed by atoms with Gasteiger partial charge in [-0.15, -0.1) is 0 Å². The van der Waals surface area contributed by atoms with Crippen LogP contribution in [0.1, 0.15) is 22.3 Å². The van der Waals surface area contributed by atoms with Gasteiger partial charge in [-0.25, -0.2) is 13.2 Å². The molecule has 0 radical (unpaired) electrons. The molecule has 1 heterocycles. The number of nitriles is 3. The van der Waals surface area contributed by atoms with Crippen molar-refractivity contribution in [3.05, 3.63) is 106 Å². The quantitative estimate of drug-likeness (QED) is 0.262. The van der Waals surface area contributed by atoms with Crippen molar-refractivity contribution < 1.29 is 13.2 Å². The number of fused-ring (bicyclic) bond motifs is 4. The Morgan fingerprint density at radius 3 is 2.21 bits per heavy atom. The molecule has 1 aromatic heterocycles. The normalized spacial score (nSPS) is 16.5. The summed E-state index contributed by atoms with van der Waals surface area (Å²) in [6.07, 6.45) is 2.68. The summed E-state index contributed by atoms with van der Waals surface area (Å²) in [6.45, 7) is 0. The average molecular weight is 434 g/mol. The number of hydrogen-bond donors (Lipinski definition) is 0. The number of allylic oxidation sites excluding steroid dienone is 5. The number of pyridine rings is 1. The first-order valence-electron chi connectivity index (χ1n) is 9.66.